The molecule has 0 unspecified atom stereocenters. The van der Waals surface area contributed by atoms with Crippen molar-refractivity contribution in [2.75, 3.05) is 0 Å². The fourth-order valence-electron chi connectivity index (χ4n) is 1.04. The Morgan fingerprint density at radius 1 is 1.41 bits per heavy atom. The van der Waals surface area contributed by atoms with Gasteiger partial charge in [-0.05, 0) is 17.7 Å². The molecule has 8 heteroatoms. The highest BCUT2D eigenvalue weighted by molar-refractivity contribution is 9.10. The molecule has 94 valence electrons. The predicted molar refractivity (Wildman–Crippen MR) is 54.6 cm³/mol. The summed E-state index contributed by atoms with van der Waals surface area (Å²) in [6.07, 6.45) is -5.64. The Labute approximate surface area is 103 Å². The fraction of sp³-hybridized carbons (Fsp3) is 0.222. The van der Waals surface area contributed by atoms with Gasteiger partial charge in [-0.3, -0.25) is 4.89 Å². The highest BCUT2D eigenvalue weighted by Gasteiger charge is 2.33. The number of primary amides is 1. The molecule has 0 aliphatic heterocycles. The fourth-order valence-corrected chi connectivity index (χ4v) is 1.51. The molecule has 0 radical (unpaired) electrons. The minimum atomic E-state index is -4.47. The first-order valence-corrected chi connectivity index (χ1v) is 5.04. The van der Waals surface area contributed by atoms with Crippen LogP contribution in [0, 0.1) is 0 Å². The first-order valence-electron chi connectivity index (χ1n) is 4.25. The van der Waals surface area contributed by atoms with E-state index in [9.17, 15) is 18.0 Å². The third-order valence-electron chi connectivity index (χ3n) is 1.70. The molecular weight excluding hydrogens is 307 g/mol. The van der Waals surface area contributed by atoms with E-state index in [0.717, 1.165) is 6.07 Å². The van der Waals surface area contributed by atoms with Crippen molar-refractivity contribution >= 4 is 22.0 Å². The van der Waals surface area contributed by atoms with Crippen LogP contribution in [0.5, 0.6) is 0 Å². The minimum absolute atomic E-state index is 0.0791. The summed E-state index contributed by atoms with van der Waals surface area (Å²) < 4.78 is 37.4. The molecule has 0 aliphatic rings. The molecule has 0 saturated heterocycles. The van der Waals surface area contributed by atoms with Crippen LogP contribution in [0.4, 0.5) is 18.0 Å². The molecule has 0 fully saturated rings. The normalized spacial score (nSPS) is 11.3. The van der Waals surface area contributed by atoms with Crippen molar-refractivity contribution in [2.45, 2.75) is 12.8 Å². The van der Waals surface area contributed by atoms with Crippen molar-refractivity contribution < 1.29 is 27.7 Å². The molecule has 0 aromatic heterocycles. The summed E-state index contributed by atoms with van der Waals surface area (Å²) in [7, 11) is 0. The summed E-state index contributed by atoms with van der Waals surface area (Å²) in [5.74, 6) is 0. The Kier molecular flexibility index (Phi) is 4.35. The molecule has 0 heterocycles. The molecule has 0 aliphatic carbocycles. The molecule has 0 saturated carbocycles. The van der Waals surface area contributed by atoms with Gasteiger partial charge in [-0.15, -0.1) is 0 Å². The number of halogens is 4. The second kappa shape index (κ2) is 5.37. The molecule has 0 bridgehead atoms. The van der Waals surface area contributed by atoms with Gasteiger partial charge in [0, 0.05) is 4.47 Å². The van der Waals surface area contributed by atoms with E-state index < -0.39 is 17.8 Å². The lowest BCUT2D eigenvalue weighted by Gasteiger charge is -2.10. The van der Waals surface area contributed by atoms with Crippen molar-refractivity contribution in [2.24, 2.45) is 5.73 Å². The van der Waals surface area contributed by atoms with Crippen molar-refractivity contribution in [3.05, 3.63) is 33.8 Å². The first-order chi connectivity index (χ1) is 7.80. The van der Waals surface area contributed by atoms with Crippen LogP contribution in [-0.4, -0.2) is 6.09 Å². The van der Waals surface area contributed by atoms with Gasteiger partial charge >= 0.3 is 12.3 Å². The molecule has 2 N–H and O–H groups in total. The Morgan fingerprint density at radius 3 is 2.59 bits per heavy atom. The van der Waals surface area contributed by atoms with E-state index in [-0.39, 0.29) is 16.6 Å². The number of benzene rings is 1. The molecule has 1 aromatic carbocycles. The first kappa shape index (κ1) is 13.8. The second-order valence-corrected chi connectivity index (χ2v) is 3.83. The van der Waals surface area contributed by atoms with Crippen molar-refractivity contribution in [3.63, 3.8) is 0 Å². The number of carbonyl (C=O) groups excluding carboxylic acids is 1. The molecule has 17 heavy (non-hydrogen) atoms. The summed E-state index contributed by atoms with van der Waals surface area (Å²) in [5.41, 5.74) is 3.97. The van der Waals surface area contributed by atoms with Crippen LogP contribution in [0.3, 0.4) is 0 Å². The summed E-state index contributed by atoms with van der Waals surface area (Å²) in [6, 6.07) is 3.50. The van der Waals surface area contributed by atoms with Gasteiger partial charge in [-0.2, -0.15) is 18.1 Å². The summed E-state index contributed by atoms with van der Waals surface area (Å²) in [5, 5.41) is 0. The molecular formula is C9H7BrF3NO3. The van der Waals surface area contributed by atoms with E-state index in [0.29, 0.717) is 0 Å². The number of alkyl halides is 3. The predicted octanol–water partition coefficient (Wildman–Crippen LogP) is 2.99. The number of hydrogen-bond acceptors (Lipinski definition) is 3. The van der Waals surface area contributed by atoms with Crippen LogP contribution in [0.2, 0.25) is 0 Å². The van der Waals surface area contributed by atoms with E-state index in [1.165, 1.54) is 12.1 Å². The quantitative estimate of drug-likeness (QED) is 0.689. The average molecular weight is 314 g/mol. The van der Waals surface area contributed by atoms with Gasteiger partial charge in [0.05, 0.1) is 5.56 Å². The third kappa shape index (κ3) is 4.23. The summed E-state index contributed by atoms with van der Waals surface area (Å²) >= 11 is 2.79. The van der Waals surface area contributed by atoms with Crippen molar-refractivity contribution in [1.82, 2.24) is 0 Å². The van der Waals surface area contributed by atoms with Crippen LogP contribution in [0.1, 0.15) is 11.1 Å². The van der Waals surface area contributed by atoms with Crippen LogP contribution in [0.25, 0.3) is 0 Å². The monoisotopic (exact) mass is 313 g/mol. The zero-order chi connectivity index (χ0) is 13.1. The van der Waals surface area contributed by atoms with Gasteiger partial charge in [0.25, 0.3) is 0 Å². The van der Waals surface area contributed by atoms with E-state index in [1.807, 2.05) is 0 Å². The highest BCUT2D eigenvalue weighted by Crippen LogP contribution is 2.35. The lowest BCUT2D eigenvalue weighted by Crippen LogP contribution is -2.13. The van der Waals surface area contributed by atoms with Gasteiger partial charge in [-0.1, -0.05) is 22.0 Å². The topological polar surface area (TPSA) is 61.6 Å². The Morgan fingerprint density at radius 2 is 2.06 bits per heavy atom. The van der Waals surface area contributed by atoms with Crippen molar-refractivity contribution in [3.8, 4) is 0 Å². The Bertz CT molecular complexity index is 422. The molecule has 0 atom stereocenters. The third-order valence-corrected chi connectivity index (χ3v) is 2.39. The Hall–Kier alpha value is -1.28. The SMILES string of the molecule is NC(=O)OOCc1ccc(Br)c(C(F)(F)F)c1. The minimum Gasteiger partial charge on any atom is -0.333 e. The zero-order valence-electron chi connectivity index (χ0n) is 8.25. The van der Waals surface area contributed by atoms with Gasteiger partial charge in [0.2, 0.25) is 0 Å². The Balaban J connectivity index is 2.79. The average Bonchev–Trinajstić information content (AvgIpc) is 2.18. The number of hydrogen-bond donors (Lipinski definition) is 1. The van der Waals surface area contributed by atoms with Crippen LogP contribution in [0.15, 0.2) is 22.7 Å². The van der Waals surface area contributed by atoms with E-state index in [4.69, 9.17) is 0 Å². The molecule has 4 nitrogen and oxygen atoms in total. The number of rotatable bonds is 3. The van der Waals surface area contributed by atoms with E-state index in [1.54, 1.807) is 0 Å². The van der Waals surface area contributed by atoms with E-state index in [2.05, 4.69) is 31.4 Å². The summed E-state index contributed by atoms with van der Waals surface area (Å²) in [6.45, 7) is -0.320. The summed E-state index contributed by atoms with van der Waals surface area (Å²) in [4.78, 5) is 18.4. The van der Waals surface area contributed by atoms with E-state index >= 15 is 0 Å². The second-order valence-electron chi connectivity index (χ2n) is 2.98. The molecule has 1 rings (SSSR count). The van der Waals surface area contributed by atoms with Crippen LogP contribution >= 0.6 is 15.9 Å². The smallest absolute Gasteiger partial charge is 0.333 e. The van der Waals surface area contributed by atoms with Gasteiger partial charge < -0.3 is 5.73 Å². The number of amides is 1. The van der Waals surface area contributed by atoms with Crippen LogP contribution in [-0.2, 0) is 22.6 Å². The maximum atomic E-state index is 12.5. The number of nitrogens with two attached hydrogens (primary N) is 1. The zero-order valence-corrected chi connectivity index (χ0v) is 9.84. The lowest BCUT2D eigenvalue weighted by molar-refractivity contribution is -0.246. The lowest BCUT2D eigenvalue weighted by atomic mass is 10.1. The maximum Gasteiger partial charge on any atom is 0.436 e. The standard InChI is InChI=1S/C9H7BrF3NO3/c10-7-2-1-5(4-16-17-8(14)15)3-6(7)9(11,12)13/h1-3H,4H2,(H2,14,15). The van der Waals surface area contributed by atoms with Crippen molar-refractivity contribution in [1.29, 1.82) is 0 Å². The van der Waals surface area contributed by atoms with Gasteiger partial charge in [0.1, 0.15) is 6.61 Å². The highest BCUT2D eigenvalue weighted by atomic mass is 79.9. The number of carbonyl (C=O) groups is 1. The van der Waals surface area contributed by atoms with Gasteiger partial charge in [-0.25, -0.2) is 4.79 Å². The van der Waals surface area contributed by atoms with Gasteiger partial charge in [0.15, 0.2) is 0 Å². The molecule has 1 amide bonds. The maximum absolute atomic E-state index is 12.5. The largest absolute Gasteiger partial charge is 0.436 e. The van der Waals surface area contributed by atoms with Crippen LogP contribution < -0.4 is 5.73 Å². The molecule has 1 aromatic rings. The molecule has 0 spiro atoms.